The summed E-state index contributed by atoms with van der Waals surface area (Å²) in [5.74, 6) is 0.0272. The fraction of sp³-hybridized carbons (Fsp3) is 0.429. The Hall–Kier alpha value is -0.420. The van der Waals surface area contributed by atoms with Crippen molar-refractivity contribution >= 4 is 38.3 Å². The van der Waals surface area contributed by atoms with E-state index >= 15 is 0 Å². The van der Waals surface area contributed by atoms with Gasteiger partial charge >= 0.3 is 0 Å². The highest BCUT2D eigenvalue weighted by molar-refractivity contribution is 9.11. The second-order valence-corrected chi connectivity index (χ2v) is 4.68. The van der Waals surface area contributed by atoms with Crippen molar-refractivity contribution in [1.29, 1.82) is 0 Å². The quantitative estimate of drug-likeness (QED) is 0.894. The third-order valence-electron chi connectivity index (χ3n) is 1.20. The number of carbonyl (C=O) groups excluding carboxylic acids is 1. The number of hydrogen-bond donors (Lipinski definition) is 1. The molecule has 1 N–H and O–H groups in total. The summed E-state index contributed by atoms with van der Waals surface area (Å²) in [7, 11) is 0. The minimum atomic E-state index is 0.0272. The van der Waals surface area contributed by atoms with Gasteiger partial charge in [0.25, 0.3) is 0 Å². The number of anilines is 1. The number of thiazole rings is 1. The Balaban J connectivity index is 2.46. The van der Waals surface area contributed by atoms with Gasteiger partial charge in [-0.05, 0) is 22.4 Å². The summed E-state index contributed by atoms with van der Waals surface area (Å²) in [6.07, 6.45) is 3.09. The van der Waals surface area contributed by atoms with E-state index in [9.17, 15) is 4.79 Å². The minimum absolute atomic E-state index is 0.0272. The Labute approximate surface area is 83.3 Å². The smallest absolute Gasteiger partial charge is 0.226 e. The van der Waals surface area contributed by atoms with Gasteiger partial charge in [-0.25, -0.2) is 4.98 Å². The first kappa shape index (κ1) is 9.67. The Morgan fingerprint density at radius 1 is 1.83 bits per heavy atom. The first-order chi connectivity index (χ1) is 5.72. The molecular formula is C7H9BrN2OS. The van der Waals surface area contributed by atoms with Gasteiger partial charge in [-0.3, -0.25) is 4.79 Å². The van der Waals surface area contributed by atoms with Crippen LogP contribution in [0.25, 0.3) is 0 Å². The SMILES string of the molecule is CCCC(=O)Nc1ncc(Br)s1. The molecule has 1 rings (SSSR count). The summed E-state index contributed by atoms with van der Waals surface area (Å²) >= 11 is 4.68. The number of hydrogen-bond acceptors (Lipinski definition) is 3. The molecule has 0 aromatic carbocycles. The molecule has 0 aliphatic rings. The molecule has 1 heterocycles. The monoisotopic (exact) mass is 248 g/mol. The van der Waals surface area contributed by atoms with Crippen LogP contribution in [0.4, 0.5) is 5.13 Å². The van der Waals surface area contributed by atoms with Crippen LogP contribution in [0, 0.1) is 0 Å². The summed E-state index contributed by atoms with van der Waals surface area (Å²) in [6.45, 7) is 1.97. The van der Waals surface area contributed by atoms with Crippen LogP contribution in [-0.4, -0.2) is 10.9 Å². The second kappa shape index (κ2) is 4.57. The van der Waals surface area contributed by atoms with Gasteiger partial charge in [-0.15, -0.1) is 0 Å². The molecule has 0 atom stereocenters. The zero-order chi connectivity index (χ0) is 8.97. The summed E-state index contributed by atoms with van der Waals surface area (Å²) in [5.41, 5.74) is 0. The highest BCUT2D eigenvalue weighted by atomic mass is 79.9. The molecule has 1 amide bonds. The zero-order valence-electron chi connectivity index (χ0n) is 6.63. The molecule has 5 heteroatoms. The van der Waals surface area contributed by atoms with E-state index in [0.717, 1.165) is 10.2 Å². The molecule has 12 heavy (non-hydrogen) atoms. The highest BCUT2D eigenvalue weighted by Crippen LogP contribution is 2.23. The fourth-order valence-corrected chi connectivity index (χ4v) is 1.84. The van der Waals surface area contributed by atoms with E-state index in [1.807, 2.05) is 6.92 Å². The lowest BCUT2D eigenvalue weighted by atomic mass is 10.3. The summed E-state index contributed by atoms with van der Waals surface area (Å²) < 4.78 is 0.925. The number of amides is 1. The minimum Gasteiger partial charge on any atom is -0.302 e. The molecule has 0 aliphatic heterocycles. The molecule has 0 saturated carbocycles. The Morgan fingerprint density at radius 2 is 2.58 bits per heavy atom. The number of carbonyl (C=O) groups is 1. The van der Waals surface area contributed by atoms with E-state index in [-0.39, 0.29) is 5.91 Å². The molecule has 1 aromatic rings. The third kappa shape index (κ3) is 2.91. The number of nitrogens with zero attached hydrogens (tertiary/aromatic N) is 1. The molecular weight excluding hydrogens is 240 g/mol. The second-order valence-electron chi connectivity index (χ2n) is 2.27. The largest absolute Gasteiger partial charge is 0.302 e. The summed E-state index contributed by atoms with van der Waals surface area (Å²) in [4.78, 5) is 15.0. The predicted octanol–water partition coefficient (Wildman–Crippen LogP) is 2.64. The molecule has 0 saturated heterocycles. The molecule has 0 radical (unpaired) electrons. The van der Waals surface area contributed by atoms with Crippen LogP contribution in [-0.2, 0) is 4.79 Å². The zero-order valence-corrected chi connectivity index (χ0v) is 9.04. The van der Waals surface area contributed by atoms with Gasteiger partial charge in [-0.1, -0.05) is 18.3 Å². The topological polar surface area (TPSA) is 42.0 Å². The van der Waals surface area contributed by atoms with Crippen molar-refractivity contribution in [2.24, 2.45) is 0 Å². The van der Waals surface area contributed by atoms with Crippen molar-refractivity contribution in [3.05, 3.63) is 9.98 Å². The van der Waals surface area contributed by atoms with Gasteiger partial charge in [0, 0.05) is 6.42 Å². The average Bonchev–Trinajstić information content (AvgIpc) is 2.36. The molecule has 3 nitrogen and oxygen atoms in total. The molecule has 66 valence electrons. The molecule has 0 fully saturated rings. The Morgan fingerprint density at radius 3 is 3.08 bits per heavy atom. The maximum atomic E-state index is 11.1. The van der Waals surface area contributed by atoms with Crippen LogP contribution in [0.1, 0.15) is 19.8 Å². The molecule has 0 spiro atoms. The van der Waals surface area contributed by atoms with E-state index in [0.29, 0.717) is 11.6 Å². The number of nitrogens with one attached hydrogen (secondary N) is 1. The normalized spacial score (nSPS) is 9.83. The van der Waals surface area contributed by atoms with E-state index in [1.165, 1.54) is 11.3 Å². The molecule has 1 aromatic heterocycles. The number of rotatable bonds is 3. The van der Waals surface area contributed by atoms with Crippen molar-refractivity contribution in [2.45, 2.75) is 19.8 Å². The van der Waals surface area contributed by atoms with E-state index in [1.54, 1.807) is 6.20 Å². The van der Waals surface area contributed by atoms with Crippen molar-refractivity contribution in [3.63, 3.8) is 0 Å². The van der Waals surface area contributed by atoms with Gasteiger partial charge in [0.05, 0.1) is 9.98 Å². The predicted molar refractivity (Wildman–Crippen MR) is 53.4 cm³/mol. The number of aromatic nitrogens is 1. The van der Waals surface area contributed by atoms with E-state index in [2.05, 4.69) is 26.2 Å². The standard InChI is InChI=1S/C7H9BrN2OS/c1-2-3-6(11)10-7-9-4-5(8)12-7/h4H,2-3H2,1H3,(H,9,10,11). The van der Waals surface area contributed by atoms with Crippen LogP contribution in [0.2, 0.25) is 0 Å². The summed E-state index contributed by atoms with van der Waals surface area (Å²) in [6, 6.07) is 0. The molecule has 0 bridgehead atoms. The van der Waals surface area contributed by atoms with Crippen LogP contribution < -0.4 is 5.32 Å². The fourth-order valence-electron chi connectivity index (χ4n) is 0.721. The maximum absolute atomic E-state index is 11.1. The number of halogens is 1. The summed E-state index contributed by atoms with van der Waals surface area (Å²) in [5, 5.41) is 3.36. The average molecular weight is 249 g/mol. The van der Waals surface area contributed by atoms with Gasteiger partial charge in [0.2, 0.25) is 5.91 Å². The van der Waals surface area contributed by atoms with E-state index in [4.69, 9.17) is 0 Å². The van der Waals surface area contributed by atoms with Crippen LogP contribution >= 0.6 is 27.3 Å². The lowest BCUT2D eigenvalue weighted by Crippen LogP contribution is -2.09. The molecule has 0 unspecified atom stereocenters. The van der Waals surface area contributed by atoms with Gasteiger partial charge in [0.15, 0.2) is 5.13 Å². The van der Waals surface area contributed by atoms with Crippen LogP contribution in [0.3, 0.4) is 0 Å². The van der Waals surface area contributed by atoms with Crippen molar-refractivity contribution < 1.29 is 4.79 Å². The van der Waals surface area contributed by atoms with Gasteiger partial charge < -0.3 is 5.32 Å². The lowest BCUT2D eigenvalue weighted by Gasteiger charge is -1.97. The van der Waals surface area contributed by atoms with Crippen molar-refractivity contribution in [1.82, 2.24) is 4.98 Å². The lowest BCUT2D eigenvalue weighted by molar-refractivity contribution is -0.116. The molecule has 0 aliphatic carbocycles. The van der Waals surface area contributed by atoms with Crippen molar-refractivity contribution in [2.75, 3.05) is 5.32 Å². The van der Waals surface area contributed by atoms with E-state index < -0.39 is 0 Å². The van der Waals surface area contributed by atoms with Crippen LogP contribution in [0.15, 0.2) is 9.98 Å². The Kier molecular flexibility index (Phi) is 3.68. The van der Waals surface area contributed by atoms with Crippen molar-refractivity contribution in [3.8, 4) is 0 Å². The van der Waals surface area contributed by atoms with Gasteiger partial charge in [-0.2, -0.15) is 0 Å². The highest BCUT2D eigenvalue weighted by Gasteiger charge is 2.03. The maximum Gasteiger partial charge on any atom is 0.226 e. The first-order valence-corrected chi connectivity index (χ1v) is 5.24. The Bertz CT molecular complexity index is 274. The van der Waals surface area contributed by atoms with Crippen LogP contribution in [0.5, 0.6) is 0 Å². The third-order valence-corrected chi connectivity index (χ3v) is 2.59. The first-order valence-electron chi connectivity index (χ1n) is 3.63. The van der Waals surface area contributed by atoms with Gasteiger partial charge in [0.1, 0.15) is 0 Å².